The Bertz CT molecular complexity index is 298. The van der Waals surface area contributed by atoms with Crippen molar-refractivity contribution in [2.75, 3.05) is 0 Å². The van der Waals surface area contributed by atoms with Crippen LogP contribution < -0.4 is 0 Å². The largest absolute Gasteiger partial charge is 0.481 e. The van der Waals surface area contributed by atoms with Crippen molar-refractivity contribution in [1.82, 2.24) is 0 Å². The molecule has 1 aliphatic rings. The molecule has 0 aromatic heterocycles. The summed E-state index contributed by atoms with van der Waals surface area (Å²) in [5.41, 5.74) is 0. The molecule has 0 bridgehead atoms. The van der Waals surface area contributed by atoms with E-state index < -0.39 is 5.97 Å². The Labute approximate surface area is 109 Å². The quantitative estimate of drug-likeness (QED) is 0.768. The van der Waals surface area contributed by atoms with Gasteiger partial charge in [0.15, 0.2) is 0 Å². The summed E-state index contributed by atoms with van der Waals surface area (Å²) in [5.74, 6) is 0.161. The smallest absolute Gasteiger partial charge is 0.306 e. The first-order valence-electron chi connectivity index (χ1n) is 6.81. The molecule has 0 aromatic carbocycles. The van der Waals surface area contributed by atoms with E-state index in [1.54, 1.807) is 0 Å². The summed E-state index contributed by atoms with van der Waals surface area (Å²) in [6, 6.07) is 0. The summed E-state index contributed by atoms with van der Waals surface area (Å²) in [6.45, 7) is 6.48. The first kappa shape index (κ1) is 15.0. The van der Waals surface area contributed by atoms with Gasteiger partial charge >= 0.3 is 11.9 Å². The van der Waals surface area contributed by atoms with Gasteiger partial charge in [-0.1, -0.05) is 27.2 Å². The van der Waals surface area contributed by atoms with E-state index in [0.717, 1.165) is 12.8 Å². The fourth-order valence-corrected chi connectivity index (χ4v) is 2.69. The molecule has 3 atom stereocenters. The van der Waals surface area contributed by atoms with Crippen LogP contribution in [-0.4, -0.2) is 23.1 Å². The van der Waals surface area contributed by atoms with Crippen molar-refractivity contribution in [1.29, 1.82) is 0 Å². The van der Waals surface area contributed by atoms with Crippen molar-refractivity contribution in [3.8, 4) is 0 Å². The predicted octanol–water partition coefficient (Wildman–Crippen LogP) is 2.86. The number of carboxylic acids is 1. The number of carbonyl (C=O) groups is 2. The van der Waals surface area contributed by atoms with Gasteiger partial charge in [-0.05, 0) is 30.6 Å². The maximum absolute atomic E-state index is 11.6. The van der Waals surface area contributed by atoms with Gasteiger partial charge in [0.2, 0.25) is 0 Å². The van der Waals surface area contributed by atoms with Crippen molar-refractivity contribution in [3.05, 3.63) is 0 Å². The minimum Gasteiger partial charge on any atom is -0.481 e. The number of esters is 1. The van der Waals surface area contributed by atoms with E-state index in [4.69, 9.17) is 9.84 Å². The van der Waals surface area contributed by atoms with Gasteiger partial charge in [-0.2, -0.15) is 0 Å². The normalized spacial score (nSPS) is 28.1. The third kappa shape index (κ3) is 4.67. The van der Waals surface area contributed by atoms with Gasteiger partial charge in [-0.3, -0.25) is 9.59 Å². The minimum absolute atomic E-state index is 0.0228. The van der Waals surface area contributed by atoms with Crippen LogP contribution in [-0.2, 0) is 14.3 Å². The molecular weight excluding hydrogens is 232 g/mol. The molecule has 0 heterocycles. The van der Waals surface area contributed by atoms with Gasteiger partial charge in [0.05, 0.1) is 12.8 Å². The molecule has 0 spiro atoms. The molecule has 1 saturated carbocycles. The van der Waals surface area contributed by atoms with Crippen LogP contribution in [0.2, 0.25) is 0 Å². The highest BCUT2D eigenvalue weighted by molar-refractivity contribution is 5.76. The Balaban J connectivity index is 2.49. The highest BCUT2D eigenvalue weighted by Gasteiger charge is 2.33. The molecule has 0 aromatic rings. The second-order valence-electron chi connectivity index (χ2n) is 5.75. The summed E-state index contributed by atoms with van der Waals surface area (Å²) in [4.78, 5) is 22.0. The third-order valence-electron chi connectivity index (χ3n) is 3.79. The van der Waals surface area contributed by atoms with Crippen LogP contribution in [0.4, 0.5) is 0 Å². The topological polar surface area (TPSA) is 63.6 Å². The van der Waals surface area contributed by atoms with Crippen molar-refractivity contribution >= 4 is 11.9 Å². The SMILES string of the molecule is CC1CCC(C(C)C)[C@H](OC(=O)CCC(=O)O)C1. The average molecular weight is 256 g/mol. The van der Waals surface area contributed by atoms with E-state index in [2.05, 4.69) is 20.8 Å². The van der Waals surface area contributed by atoms with E-state index in [1.807, 2.05) is 0 Å². The first-order chi connectivity index (χ1) is 8.40. The number of carboxylic acid groups (broad SMARTS) is 1. The monoisotopic (exact) mass is 256 g/mol. The van der Waals surface area contributed by atoms with Crippen LogP contribution in [0, 0.1) is 17.8 Å². The zero-order chi connectivity index (χ0) is 13.7. The van der Waals surface area contributed by atoms with Gasteiger partial charge < -0.3 is 9.84 Å². The second kappa shape index (κ2) is 6.76. The van der Waals surface area contributed by atoms with E-state index in [0.29, 0.717) is 17.8 Å². The Hall–Kier alpha value is -1.06. The Morgan fingerprint density at radius 3 is 2.50 bits per heavy atom. The van der Waals surface area contributed by atoms with Crippen LogP contribution in [0.5, 0.6) is 0 Å². The molecule has 0 amide bonds. The summed E-state index contributed by atoms with van der Waals surface area (Å²) in [6.07, 6.45) is 2.98. The van der Waals surface area contributed by atoms with E-state index in [-0.39, 0.29) is 24.9 Å². The molecule has 1 rings (SSSR count). The van der Waals surface area contributed by atoms with Gasteiger partial charge in [0.25, 0.3) is 0 Å². The molecule has 18 heavy (non-hydrogen) atoms. The maximum atomic E-state index is 11.6. The zero-order valence-electron chi connectivity index (χ0n) is 11.5. The highest BCUT2D eigenvalue weighted by Crippen LogP contribution is 2.35. The van der Waals surface area contributed by atoms with Gasteiger partial charge in [0, 0.05) is 0 Å². The molecule has 0 saturated heterocycles. The lowest BCUT2D eigenvalue weighted by atomic mass is 9.75. The second-order valence-corrected chi connectivity index (χ2v) is 5.75. The summed E-state index contributed by atoms with van der Waals surface area (Å²) < 4.78 is 5.48. The zero-order valence-corrected chi connectivity index (χ0v) is 11.5. The van der Waals surface area contributed by atoms with Crippen LogP contribution in [0.3, 0.4) is 0 Å². The van der Waals surface area contributed by atoms with Crippen LogP contribution in [0.15, 0.2) is 0 Å². The molecule has 2 unspecified atom stereocenters. The van der Waals surface area contributed by atoms with E-state index >= 15 is 0 Å². The Morgan fingerprint density at radius 2 is 1.94 bits per heavy atom. The summed E-state index contributed by atoms with van der Waals surface area (Å²) >= 11 is 0. The molecule has 1 aliphatic carbocycles. The Kier molecular flexibility index (Phi) is 5.63. The first-order valence-corrected chi connectivity index (χ1v) is 6.81. The fourth-order valence-electron chi connectivity index (χ4n) is 2.69. The van der Waals surface area contributed by atoms with Crippen LogP contribution in [0.25, 0.3) is 0 Å². The van der Waals surface area contributed by atoms with Gasteiger partial charge in [-0.15, -0.1) is 0 Å². The summed E-state index contributed by atoms with van der Waals surface area (Å²) in [7, 11) is 0. The number of rotatable bonds is 5. The van der Waals surface area contributed by atoms with Crippen molar-refractivity contribution in [2.24, 2.45) is 17.8 Å². The summed E-state index contributed by atoms with van der Waals surface area (Å²) in [5, 5.41) is 8.54. The number of hydrogen-bond acceptors (Lipinski definition) is 3. The lowest BCUT2D eigenvalue weighted by Crippen LogP contribution is -2.35. The molecule has 104 valence electrons. The van der Waals surface area contributed by atoms with Crippen LogP contribution >= 0.6 is 0 Å². The number of hydrogen-bond donors (Lipinski definition) is 1. The highest BCUT2D eigenvalue weighted by atomic mass is 16.5. The van der Waals surface area contributed by atoms with Gasteiger partial charge in [-0.25, -0.2) is 0 Å². The minimum atomic E-state index is -0.954. The number of aliphatic carboxylic acids is 1. The molecular formula is C14H24O4. The van der Waals surface area contributed by atoms with Crippen molar-refractivity contribution < 1.29 is 19.4 Å². The maximum Gasteiger partial charge on any atom is 0.306 e. The molecule has 1 N–H and O–H groups in total. The number of carbonyl (C=O) groups excluding carboxylic acids is 1. The van der Waals surface area contributed by atoms with Crippen molar-refractivity contribution in [3.63, 3.8) is 0 Å². The molecule has 4 heteroatoms. The Morgan fingerprint density at radius 1 is 1.28 bits per heavy atom. The molecule has 1 fully saturated rings. The van der Waals surface area contributed by atoms with Crippen LogP contribution in [0.1, 0.15) is 52.9 Å². The molecule has 4 nitrogen and oxygen atoms in total. The fraction of sp³-hybridized carbons (Fsp3) is 0.857. The van der Waals surface area contributed by atoms with E-state index in [9.17, 15) is 9.59 Å². The number of ether oxygens (including phenoxy) is 1. The lowest BCUT2D eigenvalue weighted by Gasteiger charge is -2.36. The van der Waals surface area contributed by atoms with Gasteiger partial charge in [0.1, 0.15) is 6.10 Å². The lowest BCUT2D eigenvalue weighted by molar-refractivity contribution is -0.158. The molecule has 0 radical (unpaired) electrons. The standard InChI is InChI=1S/C14H24O4/c1-9(2)11-5-4-10(3)8-12(11)18-14(17)7-6-13(15)16/h9-12H,4-8H2,1-3H3,(H,15,16)/t10?,11?,12-/m1/s1. The predicted molar refractivity (Wildman–Crippen MR) is 68.1 cm³/mol. The average Bonchev–Trinajstić information content (AvgIpc) is 2.26. The van der Waals surface area contributed by atoms with Crippen molar-refractivity contribution in [2.45, 2.75) is 59.0 Å². The molecule has 0 aliphatic heterocycles. The third-order valence-corrected chi connectivity index (χ3v) is 3.79. The van der Waals surface area contributed by atoms with E-state index in [1.165, 1.54) is 6.42 Å².